The fourth-order valence-corrected chi connectivity index (χ4v) is 2.22. The van der Waals surface area contributed by atoms with E-state index in [1.165, 1.54) is 6.33 Å². The van der Waals surface area contributed by atoms with Crippen molar-refractivity contribution in [1.82, 2.24) is 9.97 Å². The maximum Gasteiger partial charge on any atom is 0.176 e. The van der Waals surface area contributed by atoms with E-state index in [9.17, 15) is 4.79 Å². The highest BCUT2D eigenvalue weighted by molar-refractivity contribution is 6.05. The summed E-state index contributed by atoms with van der Waals surface area (Å²) >= 11 is 0. The predicted molar refractivity (Wildman–Crippen MR) is 63.7 cm³/mol. The molecule has 1 heterocycles. The summed E-state index contributed by atoms with van der Waals surface area (Å²) in [5.74, 6) is 0.143. The van der Waals surface area contributed by atoms with E-state index in [-0.39, 0.29) is 11.2 Å². The highest BCUT2D eigenvalue weighted by atomic mass is 16.1. The third kappa shape index (κ3) is 1.64. The van der Waals surface area contributed by atoms with Gasteiger partial charge in [-0.05, 0) is 18.4 Å². The van der Waals surface area contributed by atoms with Gasteiger partial charge in [-0.25, -0.2) is 9.97 Å². The summed E-state index contributed by atoms with van der Waals surface area (Å²) in [6, 6.07) is 9.97. The Hall–Kier alpha value is -2.03. The van der Waals surface area contributed by atoms with Gasteiger partial charge in [0.15, 0.2) is 5.78 Å². The van der Waals surface area contributed by atoms with E-state index in [1.807, 2.05) is 30.3 Å². The van der Waals surface area contributed by atoms with Crippen LogP contribution < -0.4 is 0 Å². The number of hydrogen-bond donors (Lipinski definition) is 0. The van der Waals surface area contributed by atoms with Crippen molar-refractivity contribution in [1.29, 1.82) is 0 Å². The van der Waals surface area contributed by atoms with Gasteiger partial charge >= 0.3 is 0 Å². The molecule has 1 aliphatic rings. The van der Waals surface area contributed by atoms with Crippen LogP contribution in [0.1, 0.15) is 28.8 Å². The zero-order valence-corrected chi connectivity index (χ0v) is 9.34. The Morgan fingerprint density at radius 3 is 2.29 bits per heavy atom. The second kappa shape index (κ2) is 3.77. The lowest BCUT2D eigenvalue weighted by Crippen LogP contribution is -2.20. The number of benzene rings is 1. The zero-order valence-electron chi connectivity index (χ0n) is 9.34. The molecule has 2 aromatic rings. The number of Topliss-reactive ketones (excluding diaryl/α,β-unsaturated/α-hetero) is 1. The molecular formula is C14H12N2O. The number of ketones is 1. The molecule has 3 heteroatoms. The van der Waals surface area contributed by atoms with Gasteiger partial charge in [0.25, 0.3) is 0 Å². The minimum atomic E-state index is -0.314. The van der Waals surface area contributed by atoms with E-state index in [0.717, 1.165) is 18.4 Å². The first-order valence-electron chi connectivity index (χ1n) is 5.68. The van der Waals surface area contributed by atoms with Crippen LogP contribution in [0.25, 0.3) is 0 Å². The zero-order chi connectivity index (χ0) is 11.7. The normalized spacial score (nSPS) is 16.5. The summed E-state index contributed by atoms with van der Waals surface area (Å²) in [6.07, 6.45) is 6.48. The van der Waals surface area contributed by atoms with Crippen molar-refractivity contribution < 1.29 is 4.79 Å². The van der Waals surface area contributed by atoms with Crippen LogP contribution in [0.3, 0.4) is 0 Å². The Morgan fingerprint density at radius 2 is 1.71 bits per heavy atom. The predicted octanol–water partition coefficient (Wildman–Crippen LogP) is 2.39. The van der Waals surface area contributed by atoms with Gasteiger partial charge in [0.1, 0.15) is 6.33 Å². The highest BCUT2D eigenvalue weighted by Crippen LogP contribution is 2.50. The molecule has 0 aliphatic heterocycles. The molecule has 1 aromatic carbocycles. The van der Waals surface area contributed by atoms with Gasteiger partial charge in [-0.3, -0.25) is 4.79 Å². The second-order valence-corrected chi connectivity index (χ2v) is 4.40. The first-order valence-corrected chi connectivity index (χ1v) is 5.68. The molecule has 0 N–H and O–H groups in total. The van der Waals surface area contributed by atoms with Crippen LogP contribution in [0.5, 0.6) is 0 Å². The molecular weight excluding hydrogens is 212 g/mol. The summed E-state index contributed by atoms with van der Waals surface area (Å²) in [5.41, 5.74) is 1.40. The quantitative estimate of drug-likeness (QED) is 0.752. The van der Waals surface area contributed by atoms with Crippen LogP contribution in [0.2, 0.25) is 0 Å². The monoisotopic (exact) mass is 224 g/mol. The smallest absolute Gasteiger partial charge is 0.176 e. The lowest BCUT2D eigenvalue weighted by atomic mass is 9.88. The van der Waals surface area contributed by atoms with E-state index in [0.29, 0.717) is 5.56 Å². The SMILES string of the molecule is O=C(c1cncnc1)C1(c2ccccc2)CC1. The Morgan fingerprint density at radius 1 is 1.06 bits per heavy atom. The van der Waals surface area contributed by atoms with Crippen molar-refractivity contribution in [2.75, 3.05) is 0 Å². The molecule has 0 spiro atoms. The largest absolute Gasteiger partial charge is 0.293 e. The van der Waals surface area contributed by atoms with Crippen LogP contribution in [-0.4, -0.2) is 15.8 Å². The molecule has 0 atom stereocenters. The molecule has 0 bridgehead atoms. The minimum Gasteiger partial charge on any atom is -0.293 e. The average molecular weight is 224 g/mol. The molecule has 0 saturated heterocycles. The fraction of sp³-hybridized carbons (Fsp3) is 0.214. The van der Waals surface area contributed by atoms with Crippen LogP contribution in [-0.2, 0) is 5.41 Å². The van der Waals surface area contributed by atoms with Crippen LogP contribution >= 0.6 is 0 Å². The maximum absolute atomic E-state index is 12.4. The number of hydrogen-bond acceptors (Lipinski definition) is 3. The molecule has 0 amide bonds. The topological polar surface area (TPSA) is 42.9 Å². The summed E-state index contributed by atoms with van der Waals surface area (Å²) < 4.78 is 0. The van der Waals surface area contributed by atoms with Gasteiger partial charge in [0, 0.05) is 12.4 Å². The molecule has 1 aliphatic carbocycles. The van der Waals surface area contributed by atoms with Gasteiger partial charge in [-0.2, -0.15) is 0 Å². The van der Waals surface area contributed by atoms with Crippen LogP contribution in [0, 0.1) is 0 Å². The number of carbonyl (C=O) groups excluding carboxylic acids is 1. The Labute approximate surface area is 99.5 Å². The van der Waals surface area contributed by atoms with E-state index in [1.54, 1.807) is 12.4 Å². The van der Waals surface area contributed by atoms with Crippen molar-refractivity contribution in [3.05, 3.63) is 60.2 Å². The third-order valence-corrected chi connectivity index (χ3v) is 3.33. The second-order valence-electron chi connectivity index (χ2n) is 4.40. The van der Waals surface area contributed by atoms with Crippen LogP contribution in [0.15, 0.2) is 49.1 Å². The van der Waals surface area contributed by atoms with E-state index >= 15 is 0 Å². The van der Waals surface area contributed by atoms with Gasteiger partial charge in [0.2, 0.25) is 0 Å². The van der Waals surface area contributed by atoms with Gasteiger partial charge in [-0.15, -0.1) is 0 Å². The van der Waals surface area contributed by atoms with E-state index in [4.69, 9.17) is 0 Å². The molecule has 1 saturated carbocycles. The molecule has 17 heavy (non-hydrogen) atoms. The standard InChI is InChI=1S/C14H12N2O/c17-13(11-8-15-10-16-9-11)14(6-7-14)12-4-2-1-3-5-12/h1-5,8-10H,6-7H2. The van der Waals surface area contributed by atoms with Crippen molar-refractivity contribution in [2.45, 2.75) is 18.3 Å². The van der Waals surface area contributed by atoms with Gasteiger partial charge in [-0.1, -0.05) is 30.3 Å². The summed E-state index contributed by atoms with van der Waals surface area (Å²) in [6.45, 7) is 0. The molecule has 0 unspecified atom stereocenters. The number of aromatic nitrogens is 2. The molecule has 3 rings (SSSR count). The Bertz CT molecular complexity index is 533. The lowest BCUT2D eigenvalue weighted by Gasteiger charge is -2.13. The Balaban J connectivity index is 1.98. The summed E-state index contributed by atoms with van der Waals surface area (Å²) in [5, 5.41) is 0. The molecule has 0 radical (unpaired) electrons. The van der Waals surface area contributed by atoms with Crippen molar-refractivity contribution in [3.8, 4) is 0 Å². The summed E-state index contributed by atoms with van der Waals surface area (Å²) in [4.78, 5) is 20.3. The maximum atomic E-state index is 12.4. The lowest BCUT2D eigenvalue weighted by molar-refractivity contribution is 0.0945. The molecule has 3 nitrogen and oxygen atoms in total. The number of nitrogens with zero attached hydrogens (tertiary/aromatic N) is 2. The highest BCUT2D eigenvalue weighted by Gasteiger charge is 2.51. The molecule has 84 valence electrons. The first kappa shape index (κ1) is 10.1. The van der Waals surface area contributed by atoms with E-state index < -0.39 is 0 Å². The molecule has 1 fully saturated rings. The Kier molecular flexibility index (Phi) is 2.25. The van der Waals surface area contributed by atoms with E-state index in [2.05, 4.69) is 9.97 Å². The van der Waals surface area contributed by atoms with Crippen molar-refractivity contribution >= 4 is 5.78 Å². The molecule has 1 aromatic heterocycles. The van der Waals surface area contributed by atoms with Crippen molar-refractivity contribution in [3.63, 3.8) is 0 Å². The van der Waals surface area contributed by atoms with Gasteiger partial charge < -0.3 is 0 Å². The average Bonchev–Trinajstić information content (AvgIpc) is 3.21. The number of carbonyl (C=O) groups is 1. The third-order valence-electron chi connectivity index (χ3n) is 3.33. The number of rotatable bonds is 3. The summed E-state index contributed by atoms with van der Waals surface area (Å²) in [7, 11) is 0. The minimum absolute atomic E-state index is 0.143. The fourth-order valence-electron chi connectivity index (χ4n) is 2.22. The van der Waals surface area contributed by atoms with Crippen LogP contribution in [0.4, 0.5) is 0 Å². The van der Waals surface area contributed by atoms with Gasteiger partial charge in [0.05, 0.1) is 11.0 Å². The van der Waals surface area contributed by atoms with Crippen molar-refractivity contribution in [2.24, 2.45) is 0 Å². The first-order chi connectivity index (χ1) is 8.33.